The Hall–Kier alpha value is -2.60. The number of benzene rings is 2. The van der Waals surface area contributed by atoms with Crippen LogP contribution >= 0.6 is 11.8 Å². The van der Waals surface area contributed by atoms with E-state index in [4.69, 9.17) is 4.42 Å². The van der Waals surface area contributed by atoms with E-state index in [1.807, 2.05) is 30.5 Å². The molecule has 2 aromatic carbocycles. The highest BCUT2D eigenvalue weighted by Gasteiger charge is 2.12. The number of rotatable bonds is 6. The molecule has 0 radical (unpaired) electrons. The Bertz CT molecular complexity index is 904. The van der Waals surface area contributed by atoms with E-state index < -0.39 is 0 Å². The van der Waals surface area contributed by atoms with Crippen LogP contribution in [0.3, 0.4) is 0 Å². The molecular weight excluding hydrogens is 346 g/mol. The summed E-state index contributed by atoms with van der Waals surface area (Å²) < 4.78 is 5.56. The van der Waals surface area contributed by atoms with Gasteiger partial charge in [-0.05, 0) is 48.9 Å². The minimum absolute atomic E-state index is 0.135. The van der Waals surface area contributed by atoms with Crippen LogP contribution in [0.2, 0.25) is 0 Å². The lowest BCUT2D eigenvalue weighted by atomic mass is 10.0. The van der Waals surface area contributed by atoms with E-state index in [0.717, 1.165) is 11.1 Å². The summed E-state index contributed by atoms with van der Waals surface area (Å²) in [5.74, 6) is 0.306. The third kappa shape index (κ3) is 4.73. The molecule has 0 aliphatic rings. The molecule has 5 nitrogen and oxygen atoms in total. The van der Waals surface area contributed by atoms with E-state index in [1.165, 1.54) is 16.0 Å². The summed E-state index contributed by atoms with van der Waals surface area (Å²) in [5, 5.41) is 10.6. The number of nitrogens with zero attached hydrogens (tertiary/aromatic N) is 2. The predicted octanol–water partition coefficient (Wildman–Crippen LogP) is 4.18. The summed E-state index contributed by atoms with van der Waals surface area (Å²) in [6.07, 6.45) is 2.83. The van der Waals surface area contributed by atoms with Crippen molar-refractivity contribution < 1.29 is 9.21 Å². The Morgan fingerprint density at radius 3 is 2.58 bits per heavy atom. The SMILES string of the molecule is CSc1ccc(CC(=O)Nc2nnc(Cc3ccc(C)cc3C)o2)cc1. The quantitative estimate of drug-likeness (QED) is 0.662. The largest absolute Gasteiger partial charge is 0.407 e. The van der Waals surface area contributed by atoms with E-state index in [9.17, 15) is 4.79 Å². The van der Waals surface area contributed by atoms with E-state index in [1.54, 1.807) is 11.8 Å². The predicted molar refractivity (Wildman–Crippen MR) is 104 cm³/mol. The first-order chi connectivity index (χ1) is 12.5. The lowest BCUT2D eigenvalue weighted by Gasteiger charge is -2.04. The Labute approximate surface area is 157 Å². The van der Waals surface area contributed by atoms with Crippen LogP contribution in [0.15, 0.2) is 51.8 Å². The van der Waals surface area contributed by atoms with Gasteiger partial charge in [-0.25, -0.2) is 0 Å². The molecule has 0 fully saturated rings. The number of anilines is 1. The second kappa shape index (κ2) is 8.19. The Balaban J connectivity index is 1.59. The first-order valence-electron chi connectivity index (χ1n) is 8.35. The van der Waals surface area contributed by atoms with E-state index in [0.29, 0.717) is 12.3 Å². The second-order valence-electron chi connectivity index (χ2n) is 6.18. The molecule has 26 heavy (non-hydrogen) atoms. The fraction of sp³-hybridized carbons (Fsp3) is 0.250. The molecule has 3 rings (SSSR count). The first kappa shape index (κ1) is 18.2. The number of carbonyl (C=O) groups is 1. The molecule has 0 aliphatic carbocycles. The zero-order chi connectivity index (χ0) is 18.5. The highest BCUT2D eigenvalue weighted by molar-refractivity contribution is 7.98. The highest BCUT2D eigenvalue weighted by Crippen LogP contribution is 2.17. The van der Waals surface area contributed by atoms with E-state index in [2.05, 4.69) is 47.6 Å². The zero-order valence-electron chi connectivity index (χ0n) is 15.1. The molecule has 0 atom stereocenters. The van der Waals surface area contributed by atoms with Crippen LogP contribution in [-0.4, -0.2) is 22.4 Å². The van der Waals surface area contributed by atoms with Gasteiger partial charge in [0.1, 0.15) is 0 Å². The molecule has 1 N–H and O–H groups in total. The molecule has 0 saturated carbocycles. The van der Waals surface area contributed by atoms with Crippen LogP contribution in [0.1, 0.15) is 28.1 Å². The van der Waals surface area contributed by atoms with Crippen molar-refractivity contribution in [3.05, 3.63) is 70.6 Å². The van der Waals surface area contributed by atoms with Crippen molar-refractivity contribution in [1.82, 2.24) is 10.2 Å². The van der Waals surface area contributed by atoms with Crippen molar-refractivity contribution in [3.8, 4) is 0 Å². The standard InChI is InChI=1S/C20H21N3O2S/c1-13-4-7-16(14(2)10-13)12-19-22-23-20(25-19)21-18(24)11-15-5-8-17(26-3)9-6-15/h4-10H,11-12H2,1-3H3,(H,21,23,24). The minimum atomic E-state index is -0.177. The number of hydrogen-bond acceptors (Lipinski definition) is 5. The molecule has 6 heteroatoms. The molecular formula is C20H21N3O2S. The lowest BCUT2D eigenvalue weighted by molar-refractivity contribution is -0.115. The summed E-state index contributed by atoms with van der Waals surface area (Å²) >= 11 is 1.67. The van der Waals surface area contributed by atoms with Crippen molar-refractivity contribution in [1.29, 1.82) is 0 Å². The second-order valence-corrected chi connectivity index (χ2v) is 7.06. The smallest absolute Gasteiger partial charge is 0.322 e. The van der Waals surface area contributed by atoms with Crippen molar-refractivity contribution in [3.63, 3.8) is 0 Å². The molecule has 0 spiro atoms. The average Bonchev–Trinajstić information content (AvgIpc) is 3.05. The first-order valence-corrected chi connectivity index (χ1v) is 9.57. The fourth-order valence-electron chi connectivity index (χ4n) is 2.67. The molecule has 1 amide bonds. The van der Waals surface area contributed by atoms with Gasteiger partial charge < -0.3 is 4.42 Å². The van der Waals surface area contributed by atoms with Gasteiger partial charge in [0.05, 0.1) is 12.8 Å². The topological polar surface area (TPSA) is 68.0 Å². The zero-order valence-corrected chi connectivity index (χ0v) is 15.9. The molecule has 0 saturated heterocycles. The average molecular weight is 367 g/mol. The molecule has 0 aliphatic heterocycles. The number of carbonyl (C=O) groups excluding carboxylic acids is 1. The minimum Gasteiger partial charge on any atom is -0.407 e. The van der Waals surface area contributed by atoms with E-state index >= 15 is 0 Å². The van der Waals surface area contributed by atoms with Gasteiger partial charge in [-0.3, -0.25) is 10.1 Å². The number of hydrogen-bond donors (Lipinski definition) is 1. The fourth-order valence-corrected chi connectivity index (χ4v) is 3.08. The third-order valence-corrected chi connectivity index (χ3v) is 4.82. The van der Waals surface area contributed by atoms with Crippen LogP contribution < -0.4 is 5.32 Å². The number of thioether (sulfide) groups is 1. The van der Waals surface area contributed by atoms with Crippen LogP contribution in [-0.2, 0) is 17.6 Å². The number of nitrogens with one attached hydrogen (secondary N) is 1. The van der Waals surface area contributed by atoms with Gasteiger partial charge in [0.15, 0.2) is 0 Å². The maximum Gasteiger partial charge on any atom is 0.322 e. The summed E-state index contributed by atoms with van der Waals surface area (Å²) in [4.78, 5) is 13.3. The molecule has 0 unspecified atom stereocenters. The number of aryl methyl sites for hydroxylation is 2. The van der Waals surface area contributed by atoms with Crippen LogP contribution in [0, 0.1) is 13.8 Å². The van der Waals surface area contributed by atoms with Gasteiger partial charge in [0.2, 0.25) is 11.8 Å². The summed E-state index contributed by atoms with van der Waals surface area (Å²) in [7, 11) is 0. The van der Waals surface area contributed by atoms with Crippen molar-refractivity contribution in [2.24, 2.45) is 0 Å². The third-order valence-electron chi connectivity index (χ3n) is 4.08. The molecule has 134 valence electrons. The van der Waals surface area contributed by atoms with Crippen molar-refractivity contribution in [2.75, 3.05) is 11.6 Å². The maximum absolute atomic E-state index is 12.2. The van der Waals surface area contributed by atoms with E-state index in [-0.39, 0.29) is 18.3 Å². The van der Waals surface area contributed by atoms with Crippen molar-refractivity contribution in [2.45, 2.75) is 31.6 Å². The van der Waals surface area contributed by atoms with Gasteiger partial charge in [0.25, 0.3) is 0 Å². The van der Waals surface area contributed by atoms with Gasteiger partial charge in [-0.2, -0.15) is 0 Å². The Kier molecular flexibility index (Phi) is 5.73. The molecule has 3 aromatic rings. The van der Waals surface area contributed by atoms with Crippen molar-refractivity contribution >= 4 is 23.7 Å². The molecule has 0 bridgehead atoms. The number of amides is 1. The maximum atomic E-state index is 12.2. The lowest BCUT2D eigenvalue weighted by Crippen LogP contribution is -2.14. The van der Waals surface area contributed by atoms with Gasteiger partial charge in [-0.15, -0.1) is 16.9 Å². The highest BCUT2D eigenvalue weighted by atomic mass is 32.2. The summed E-state index contributed by atoms with van der Waals surface area (Å²) in [6.45, 7) is 4.12. The van der Waals surface area contributed by atoms with Gasteiger partial charge in [-0.1, -0.05) is 41.0 Å². The normalized spacial score (nSPS) is 10.7. The Morgan fingerprint density at radius 2 is 1.88 bits per heavy atom. The summed E-state index contributed by atoms with van der Waals surface area (Å²) in [6, 6.07) is 14.3. The molecule has 1 heterocycles. The Morgan fingerprint density at radius 1 is 1.12 bits per heavy atom. The van der Waals surface area contributed by atoms with Crippen LogP contribution in [0.25, 0.3) is 0 Å². The van der Waals surface area contributed by atoms with Crippen LogP contribution in [0.4, 0.5) is 6.01 Å². The van der Waals surface area contributed by atoms with Crippen LogP contribution in [0.5, 0.6) is 0 Å². The summed E-state index contributed by atoms with van der Waals surface area (Å²) in [5.41, 5.74) is 4.47. The molecule has 1 aromatic heterocycles. The number of aromatic nitrogens is 2. The monoisotopic (exact) mass is 367 g/mol. The van der Waals surface area contributed by atoms with Gasteiger partial charge >= 0.3 is 6.01 Å². The van der Waals surface area contributed by atoms with Gasteiger partial charge in [0, 0.05) is 4.90 Å².